The lowest BCUT2D eigenvalue weighted by molar-refractivity contribution is -0.213. The second-order valence-corrected chi connectivity index (χ2v) is 4.27. The van der Waals surface area contributed by atoms with Crippen LogP contribution in [-0.4, -0.2) is 5.90 Å². The lowest BCUT2D eigenvalue weighted by Gasteiger charge is -2.13. The lowest BCUT2D eigenvalue weighted by Crippen LogP contribution is -2.20. The first-order chi connectivity index (χ1) is 8.66. The summed E-state index contributed by atoms with van der Waals surface area (Å²) in [4.78, 5) is 3.99. The molecule has 3 nitrogen and oxygen atoms in total. The molecule has 0 spiro atoms. The molecule has 0 saturated heterocycles. The average Bonchev–Trinajstić information content (AvgIpc) is 2.37. The van der Waals surface area contributed by atoms with Crippen molar-refractivity contribution in [2.75, 3.05) is 5.73 Å². The van der Waals surface area contributed by atoms with E-state index in [0.29, 0.717) is 22.8 Å². The van der Waals surface area contributed by atoms with E-state index in [-0.39, 0.29) is 5.90 Å². The van der Waals surface area contributed by atoms with Gasteiger partial charge in [0.05, 0.1) is 6.54 Å². The first-order valence-corrected chi connectivity index (χ1v) is 5.85. The molecular weight excluding hydrogens is 248 g/mol. The molecule has 2 N–H and O–H groups in total. The summed E-state index contributed by atoms with van der Waals surface area (Å²) in [7, 11) is 0. The molecule has 2 rings (SSSR count). The van der Waals surface area contributed by atoms with E-state index in [0.717, 1.165) is 5.56 Å². The number of nitrogen functional groups attached to an aromatic ring is 1. The molecule has 18 heavy (non-hydrogen) atoms. The van der Waals surface area contributed by atoms with Crippen LogP contribution in [0.2, 0.25) is 5.02 Å². The van der Waals surface area contributed by atoms with E-state index in [1.54, 1.807) is 18.2 Å². The minimum atomic E-state index is -0.326. The van der Waals surface area contributed by atoms with Crippen molar-refractivity contribution in [2.45, 2.75) is 6.54 Å². The zero-order valence-corrected chi connectivity index (χ0v) is 10.4. The minimum absolute atomic E-state index is 0.326. The van der Waals surface area contributed by atoms with Crippen molar-refractivity contribution in [3.8, 4) is 0 Å². The van der Waals surface area contributed by atoms with E-state index >= 15 is 0 Å². The first kappa shape index (κ1) is 12.5. The number of aliphatic imine (C=N–C) groups is 1. The van der Waals surface area contributed by atoms with E-state index in [2.05, 4.69) is 4.99 Å². The van der Waals surface area contributed by atoms with Gasteiger partial charge in [0.2, 0.25) is 0 Å². The minimum Gasteiger partial charge on any atom is -0.858 e. The Morgan fingerprint density at radius 3 is 2.56 bits per heavy atom. The average molecular weight is 260 g/mol. The van der Waals surface area contributed by atoms with Crippen LogP contribution in [0, 0.1) is 0 Å². The van der Waals surface area contributed by atoms with Crippen LogP contribution in [0.4, 0.5) is 5.69 Å². The van der Waals surface area contributed by atoms with E-state index in [4.69, 9.17) is 17.3 Å². The smallest absolute Gasteiger partial charge is 0.0632 e. The molecule has 0 aliphatic carbocycles. The van der Waals surface area contributed by atoms with Gasteiger partial charge in [-0.25, -0.2) is 0 Å². The van der Waals surface area contributed by atoms with Crippen LogP contribution in [0.25, 0.3) is 0 Å². The van der Waals surface area contributed by atoms with Crippen LogP contribution < -0.4 is 10.8 Å². The third-order valence-electron chi connectivity index (χ3n) is 2.49. The highest BCUT2D eigenvalue weighted by atomic mass is 35.5. The Hall–Kier alpha value is -2.00. The van der Waals surface area contributed by atoms with Gasteiger partial charge in [0, 0.05) is 16.3 Å². The highest BCUT2D eigenvalue weighted by Gasteiger charge is 1.99. The fourth-order valence-corrected chi connectivity index (χ4v) is 1.74. The molecule has 2 aromatic carbocycles. The zero-order valence-electron chi connectivity index (χ0n) is 9.64. The third-order valence-corrected chi connectivity index (χ3v) is 2.73. The normalized spacial score (nSPS) is 11.5. The van der Waals surface area contributed by atoms with Crippen molar-refractivity contribution in [3.05, 3.63) is 64.7 Å². The van der Waals surface area contributed by atoms with Crippen LogP contribution >= 0.6 is 11.6 Å². The van der Waals surface area contributed by atoms with Crippen LogP contribution in [0.5, 0.6) is 0 Å². The summed E-state index contributed by atoms with van der Waals surface area (Å²) >= 11 is 5.77. The van der Waals surface area contributed by atoms with Crippen molar-refractivity contribution in [1.82, 2.24) is 0 Å². The molecule has 92 valence electrons. The van der Waals surface area contributed by atoms with Crippen molar-refractivity contribution < 1.29 is 5.11 Å². The quantitative estimate of drug-likeness (QED) is 0.522. The Labute approximate surface area is 111 Å². The van der Waals surface area contributed by atoms with Gasteiger partial charge in [-0.15, -0.1) is 0 Å². The van der Waals surface area contributed by atoms with Gasteiger partial charge < -0.3 is 10.8 Å². The number of benzene rings is 2. The molecular formula is C14H12ClN2O-. The predicted octanol–water partition coefficient (Wildman–Crippen LogP) is 2.23. The number of halogens is 1. The fraction of sp³-hybridized carbons (Fsp3) is 0.0714. The van der Waals surface area contributed by atoms with Crippen LogP contribution in [-0.2, 0) is 6.54 Å². The number of hydrogen-bond donors (Lipinski definition) is 1. The number of hydrogen-bond acceptors (Lipinski definition) is 3. The number of nitrogens with two attached hydrogens (primary N) is 1. The summed E-state index contributed by atoms with van der Waals surface area (Å²) in [5, 5.41) is 12.4. The fourth-order valence-electron chi connectivity index (χ4n) is 1.56. The van der Waals surface area contributed by atoms with Gasteiger partial charge in [0.15, 0.2) is 0 Å². The molecule has 0 radical (unpaired) electrons. The van der Waals surface area contributed by atoms with Crippen molar-refractivity contribution in [1.29, 1.82) is 0 Å². The summed E-state index contributed by atoms with van der Waals surface area (Å²) in [6.07, 6.45) is 0. The Morgan fingerprint density at radius 1 is 1.17 bits per heavy atom. The Morgan fingerprint density at radius 2 is 1.89 bits per heavy atom. The summed E-state index contributed by atoms with van der Waals surface area (Å²) in [6, 6.07) is 14.3. The maximum absolute atomic E-state index is 11.9. The lowest BCUT2D eigenvalue weighted by atomic mass is 10.2. The van der Waals surface area contributed by atoms with Crippen LogP contribution in [0.3, 0.4) is 0 Å². The van der Waals surface area contributed by atoms with Crippen LogP contribution in [0.15, 0.2) is 53.5 Å². The Bertz CT molecular complexity index is 567. The topological polar surface area (TPSA) is 61.4 Å². The van der Waals surface area contributed by atoms with E-state index < -0.39 is 0 Å². The zero-order chi connectivity index (χ0) is 13.0. The largest absolute Gasteiger partial charge is 0.858 e. The molecule has 0 atom stereocenters. The van der Waals surface area contributed by atoms with Gasteiger partial charge in [-0.3, -0.25) is 4.99 Å². The van der Waals surface area contributed by atoms with E-state index in [1.807, 2.05) is 30.3 Å². The molecule has 0 saturated carbocycles. The van der Waals surface area contributed by atoms with Gasteiger partial charge in [-0.05, 0) is 23.6 Å². The molecule has 0 aliphatic rings. The predicted molar refractivity (Wildman–Crippen MR) is 72.5 cm³/mol. The maximum Gasteiger partial charge on any atom is 0.0632 e. The number of anilines is 1. The standard InChI is InChI=1S/C14H13ClN2O/c15-11-6-7-12(13(16)8-11)14(18)17-9-10-4-2-1-3-5-10/h1-8H,9,16H2,(H,17,18)/p-1. The highest BCUT2D eigenvalue weighted by molar-refractivity contribution is 6.31. The van der Waals surface area contributed by atoms with Crippen molar-refractivity contribution in [2.24, 2.45) is 4.99 Å². The SMILES string of the molecule is Nc1cc(Cl)ccc1C([O-])=NCc1ccccc1. The Kier molecular flexibility index (Phi) is 3.85. The molecule has 0 unspecified atom stereocenters. The monoisotopic (exact) mass is 259 g/mol. The van der Waals surface area contributed by atoms with Crippen molar-refractivity contribution in [3.63, 3.8) is 0 Å². The summed E-state index contributed by atoms with van der Waals surface area (Å²) < 4.78 is 0. The van der Waals surface area contributed by atoms with Gasteiger partial charge in [0.25, 0.3) is 0 Å². The number of nitrogens with zero attached hydrogens (tertiary/aromatic N) is 1. The van der Waals surface area contributed by atoms with Gasteiger partial charge in [-0.2, -0.15) is 0 Å². The second-order valence-electron chi connectivity index (χ2n) is 3.84. The first-order valence-electron chi connectivity index (χ1n) is 5.47. The molecule has 0 fully saturated rings. The van der Waals surface area contributed by atoms with Gasteiger partial charge in [-0.1, -0.05) is 48.0 Å². The third kappa shape index (κ3) is 3.02. The van der Waals surface area contributed by atoms with Gasteiger partial charge >= 0.3 is 0 Å². The van der Waals surface area contributed by atoms with E-state index in [9.17, 15) is 5.11 Å². The Balaban J connectivity index is 2.18. The molecule has 0 amide bonds. The number of rotatable bonds is 3. The molecule has 4 heteroatoms. The summed E-state index contributed by atoms with van der Waals surface area (Å²) in [6.45, 7) is 0.349. The molecule has 2 aromatic rings. The summed E-state index contributed by atoms with van der Waals surface area (Å²) in [5.74, 6) is -0.326. The molecule has 0 aromatic heterocycles. The molecule has 0 aliphatic heterocycles. The maximum atomic E-state index is 11.9. The molecule has 0 bridgehead atoms. The van der Waals surface area contributed by atoms with E-state index in [1.165, 1.54) is 0 Å². The van der Waals surface area contributed by atoms with Crippen LogP contribution in [0.1, 0.15) is 11.1 Å². The van der Waals surface area contributed by atoms with Crippen molar-refractivity contribution >= 4 is 23.2 Å². The summed E-state index contributed by atoms with van der Waals surface area (Å²) in [5.41, 5.74) is 7.45. The molecule has 0 heterocycles. The highest BCUT2D eigenvalue weighted by Crippen LogP contribution is 2.17. The second kappa shape index (κ2) is 5.56. The van der Waals surface area contributed by atoms with Gasteiger partial charge in [0.1, 0.15) is 0 Å².